The minimum atomic E-state index is 0.114. The molecule has 2 rings (SSSR count). The van der Waals surface area contributed by atoms with E-state index in [0.717, 1.165) is 11.3 Å². The first kappa shape index (κ1) is 15.2. The lowest BCUT2D eigenvalue weighted by atomic mass is 10.1. The lowest BCUT2D eigenvalue weighted by Crippen LogP contribution is -2.24. The van der Waals surface area contributed by atoms with Crippen LogP contribution in [0, 0.1) is 5.92 Å². The molecule has 1 aromatic carbocycles. The van der Waals surface area contributed by atoms with E-state index in [1.54, 1.807) is 0 Å². The molecule has 0 bridgehead atoms. The van der Waals surface area contributed by atoms with Crippen molar-refractivity contribution < 1.29 is 9.53 Å². The molecule has 0 N–H and O–H groups in total. The maximum absolute atomic E-state index is 12.0. The largest absolute Gasteiger partial charge is 0.491 e. The van der Waals surface area contributed by atoms with Crippen molar-refractivity contribution in [3.8, 4) is 5.75 Å². The quantitative estimate of drug-likeness (QED) is 0.458. The molecule has 1 aliphatic heterocycles. The van der Waals surface area contributed by atoms with Crippen molar-refractivity contribution in [3.63, 3.8) is 0 Å². The van der Waals surface area contributed by atoms with Gasteiger partial charge in [0.2, 0.25) is 5.91 Å². The molecule has 1 aliphatic rings. The van der Waals surface area contributed by atoms with Crippen LogP contribution < -0.4 is 4.74 Å². The summed E-state index contributed by atoms with van der Waals surface area (Å²) in [4.78, 5) is 16.5. The molecule has 0 saturated carbocycles. The van der Waals surface area contributed by atoms with Crippen molar-refractivity contribution >= 4 is 5.91 Å². The van der Waals surface area contributed by atoms with E-state index in [1.807, 2.05) is 43.0 Å². The second-order valence-corrected chi connectivity index (χ2v) is 5.57. The number of hydrogen-bond acceptors (Lipinski definition) is 3. The van der Waals surface area contributed by atoms with Crippen molar-refractivity contribution in [2.24, 2.45) is 11.0 Å². The van der Waals surface area contributed by atoms with Crippen LogP contribution >= 0.6 is 0 Å². The lowest BCUT2D eigenvalue weighted by Gasteiger charge is -2.17. The molecule has 1 atom stereocenters. The van der Waals surface area contributed by atoms with Gasteiger partial charge >= 0.3 is 0 Å². The van der Waals surface area contributed by atoms with Crippen LogP contribution in [-0.2, 0) is 11.3 Å². The van der Waals surface area contributed by atoms with Gasteiger partial charge in [-0.1, -0.05) is 17.2 Å². The van der Waals surface area contributed by atoms with E-state index in [1.165, 1.54) is 0 Å². The number of amides is 1. The first-order chi connectivity index (χ1) is 10.1. The van der Waals surface area contributed by atoms with Crippen LogP contribution in [-0.4, -0.2) is 30.0 Å². The van der Waals surface area contributed by atoms with Crippen LogP contribution in [0.1, 0.15) is 25.8 Å². The molecular formula is C15H20N4O2. The van der Waals surface area contributed by atoms with E-state index >= 15 is 0 Å². The molecule has 1 amide bonds. The monoisotopic (exact) mass is 288 g/mol. The van der Waals surface area contributed by atoms with Crippen molar-refractivity contribution in [1.29, 1.82) is 0 Å². The van der Waals surface area contributed by atoms with Gasteiger partial charge < -0.3 is 9.64 Å². The highest BCUT2D eigenvalue weighted by Gasteiger charge is 2.28. The number of benzene rings is 1. The Morgan fingerprint density at radius 3 is 3.05 bits per heavy atom. The molecule has 1 unspecified atom stereocenters. The molecule has 6 heteroatoms. The Hall–Kier alpha value is -2.20. The van der Waals surface area contributed by atoms with Gasteiger partial charge in [0, 0.05) is 31.0 Å². The van der Waals surface area contributed by atoms with Crippen molar-refractivity contribution in [1.82, 2.24) is 4.90 Å². The highest BCUT2D eigenvalue weighted by Crippen LogP contribution is 2.22. The normalized spacial score (nSPS) is 18.0. The molecule has 0 radical (unpaired) electrons. The molecule has 1 saturated heterocycles. The number of ether oxygens (including phenoxy) is 1. The minimum absolute atomic E-state index is 0.114. The molecule has 1 fully saturated rings. The molecule has 112 valence electrons. The summed E-state index contributed by atoms with van der Waals surface area (Å²) < 4.78 is 5.66. The van der Waals surface area contributed by atoms with Crippen LogP contribution in [0.5, 0.6) is 5.75 Å². The summed E-state index contributed by atoms with van der Waals surface area (Å²) >= 11 is 0. The van der Waals surface area contributed by atoms with Gasteiger partial charge in [0.25, 0.3) is 0 Å². The maximum atomic E-state index is 12.0. The van der Waals surface area contributed by atoms with Crippen LogP contribution in [0.3, 0.4) is 0 Å². The van der Waals surface area contributed by atoms with Crippen LogP contribution in [0.15, 0.2) is 29.4 Å². The summed E-state index contributed by atoms with van der Waals surface area (Å²) in [5.41, 5.74) is 9.39. The Kier molecular flexibility index (Phi) is 5.06. The molecule has 6 nitrogen and oxygen atoms in total. The lowest BCUT2D eigenvalue weighted by molar-refractivity contribution is -0.128. The van der Waals surface area contributed by atoms with E-state index in [4.69, 9.17) is 10.3 Å². The zero-order chi connectivity index (χ0) is 15.2. The number of hydrogen-bond donors (Lipinski definition) is 0. The fourth-order valence-corrected chi connectivity index (χ4v) is 2.49. The summed E-state index contributed by atoms with van der Waals surface area (Å²) in [6, 6.07) is 7.81. The van der Waals surface area contributed by atoms with Gasteiger partial charge in [0.15, 0.2) is 0 Å². The summed E-state index contributed by atoms with van der Waals surface area (Å²) in [6.45, 7) is 5.57. The number of carbonyl (C=O) groups excluding carboxylic acids is 1. The number of carbonyl (C=O) groups is 1. The standard InChI is InChI=1S/C15H20N4O2/c1-11(2)21-14-5-3-4-12(6-14)9-19-10-13(7-15(19)20)8-17-18-16/h3-6,11,13H,7-10H2,1-2H3. The fraction of sp³-hybridized carbons (Fsp3) is 0.533. The van der Waals surface area contributed by atoms with Gasteiger partial charge in [-0.05, 0) is 43.0 Å². The minimum Gasteiger partial charge on any atom is -0.491 e. The van der Waals surface area contributed by atoms with Crippen molar-refractivity contribution in [3.05, 3.63) is 40.3 Å². The zero-order valence-corrected chi connectivity index (χ0v) is 12.4. The SMILES string of the molecule is CC(C)Oc1cccc(CN2CC(CN=[N+]=[N-])CC2=O)c1. The van der Waals surface area contributed by atoms with Gasteiger partial charge in [0.05, 0.1) is 6.10 Å². The van der Waals surface area contributed by atoms with Crippen LogP contribution in [0.2, 0.25) is 0 Å². The Morgan fingerprint density at radius 1 is 1.52 bits per heavy atom. The molecule has 0 aliphatic carbocycles. The molecule has 21 heavy (non-hydrogen) atoms. The van der Waals surface area contributed by atoms with E-state index in [2.05, 4.69) is 10.0 Å². The van der Waals surface area contributed by atoms with Gasteiger partial charge in [-0.2, -0.15) is 0 Å². The molecular weight excluding hydrogens is 268 g/mol. The van der Waals surface area contributed by atoms with Gasteiger partial charge in [-0.3, -0.25) is 4.79 Å². The topological polar surface area (TPSA) is 78.3 Å². The van der Waals surface area contributed by atoms with Gasteiger partial charge in [-0.25, -0.2) is 0 Å². The number of azide groups is 1. The number of rotatable bonds is 6. The third-order valence-corrected chi connectivity index (χ3v) is 3.34. The van der Waals surface area contributed by atoms with Crippen LogP contribution in [0.4, 0.5) is 0 Å². The zero-order valence-electron chi connectivity index (χ0n) is 12.4. The average Bonchev–Trinajstić information content (AvgIpc) is 2.76. The predicted molar refractivity (Wildman–Crippen MR) is 79.7 cm³/mol. The second-order valence-electron chi connectivity index (χ2n) is 5.57. The summed E-state index contributed by atoms with van der Waals surface area (Å²) in [5, 5.41) is 3.56. The first-order valence-corrected chi connectivity index (χ1v) is 7.12. The smallest absolute Gasteiger partial charge is 0.223 e. The third kappa shape index (κ3) is 4.39. The highest BCUT2D eigenvalue weighted by molar-refractivity contribution is 5.78. The first-order valence-electron chi connectivity index (χ1n) is 7.12. The third-order valence-electron chi connectivity index (χ3n) is 3.34. The Bertz CT molecular complexity index is 552. The Labute approximate surface area is 124 Å². The maximum Gasteiger partial charge on any atom is 0.223 e. The van der Waals surface area contributed by atoms with Crippen molar-refractivity contribution in [2.45, 2.75) is 32.9 Å². The van der Waals surface area contributed by atoms with Gasteiger partial charge in [0.1, 0.15) is 5.75 Å². The molecule has 1 heterocycles. The van der Waals surface area contributed by atoms with E-state index < -0.39 is 0 Å². The number of nitrogens with zero attached hydrogens (tertiary/aromatic N) is 4. The average molecular weight is 288 g/mol. The molecule has 0 aromatic heterocycles. The van der Waals surface area contributed by atoms with E-state index in [-0.39, 0.29) is 17.9 Å². The Balaban J connectivity index is 1.98. The fourth-order valence-electron chi connectivity index (χ4n) is 2.49. The molecule has 1 aromatic rings. The summed E-state index contributed by atoms with van der Waals surface area (Å²) in [6.07, 6.45) is 0.586. The summed E-state index contributed by atoms with van der Waals surface area (Å²) in [5.74, 6) is 1.06. The molecule has 0 spiro atoms. The van der Waals surface area contributed by atoms with E-state index in [0.29, 0.717) is 26.1 Å². The van der Waals surface area contributed by atoms with Crippen LogP contribution in [0.25, 0.3) is 10.4 Å². The second kappa shape index (κ2) is 6.99. The highest BCUT2D eigenvalue weighted by atomic mass is 16.5. The number of likely N-dealkylation sites (tertiary alicyclic amines) is 1. The van der Waals surface area contributed by atoms with Gasteiger partial charge in [-0.15, -0.1) is 0 Å². The Morgan fingerprint density at radius 2 is 2.33 bits per heavy atom. The van der Waals surface area contributed by atoms with E-state index in [9.17, 15) is 4.79 Å². The summed E-state index contributed by atoms with van der Waals surface area (Å²) in [7, 11) is 0. The predicted octanol–water partition coefficient (Wildman–Crippen LogP) is 3.13. The van der Waals surface area contributed by atoms with Crippen molar-refractivity contribution in [2.75, 3.05) is 13.1 Å².